The number of nitrogens with one attached hydrogen (secondary N) is 1. The molecule has 114 valence electrons. The van der Waals surface area contributed by atoms with Crippen molar-refractivity contribution in [3.8, 4) is 5.75 Å². The van der Waals surface area contributed by atoms with Crippen LogP contribution in [0.3, 0.4) is 0 Å². The maximum atomic E-state index is 12.0. The van der Waals surface area contributed by atoms with Gasteiger partial charge in [-0.05, 0) is 36.3 Å². The van der Waals surface area contributed by atoms with Gasteiger partial charge in [0.2, 0.25) is 5.91 Å². The number of amides is 1. The minimum atomic E-state index is -1.08. The van der Waals surface area contributed by atoms with Gasteiger partial charge in [0, 0.05) is 12.2 Å². The molecule has 6 heteroatoms. The van der Waals surface area contributed by atoms with E-state index in [2.05, 4.69) is 5.32 Å². The average molecular weight is 309 g/mol. The molecule has 1 aliphatic heterocycles. The largest absolute Gasteiger partial charge is 0.497 e. The van der Waals surface area contributed by atoms with Gasteiger partial charge in [-0.2, -0.15) is 11.8 Å². The third-order valence-electron chi connectivity index (χ3n) is 3.61. The van der Waals surface area contributed by atoms with Crippen LogP contribution in [-0.2, 0) is 16.0 Å². The third kappa shape index (κ3) is 3.91. The number of aliphatic carboxylic acids is 1. The predicted octanol–water partition coefficient (Wildman–Crippen LogP) is 1.70. The summed E-state index contributed by atoms with van der Waals surface area (Å²) in [6.07, 6.45) is 1.35. The van der Waals surface area contributed by atoms with E-state index in [9.17, 15) is 14.7 Å². The Balaban J connectivity index is 1.87. The smallest absolute Gasteiger partial charge is 0.330 e. The predicted molar refractivity (Wildman–Crippen MR) is 81.8 cm³/mol. The summed E-state index contributed by atoms with van der Waals surface area (Å²) in [6.45, 7) is 0. The van der Waals surface area contributed by atoms with Gasteiger partial charge in [0.15, 0.2) is 0 Å². The molecule has 0 radical (unpaired) electrons. The molecule has 0 spiro atoms. The second-order valence-electron chi connectivity index (χ2n) is 5.09. The molecule has 1 heterocycles. The van der Waals surface area contributed by atoms with E-state index in [1.807, 2.05) is 24.3 Å². The van der Waals surface area contributed by atoms with Crippen LogP contribution in [0.15, 0.2) is 24.3 Å². The van der Waals surface area contributed by atoms with Crippen molar-refractivity contribution in [1.29, 1.82) is 0 Å². The van der Waals surface area contributed by atoms with E-state index < -0.39 is 11.5 Å². The van der Waals surface area contributed by atoms with Gasteiger partial charge in [-0.15, -0.1) is 0 Å². The molecule has 1 atom stereocenters. The van der Waals surface area contributed by atoms with Gasteiger partial charge in [-0.25, -0.2) is 4.79 Å². The zero-order valence-corrected chi connectivity index (χ0v) is 12.7. The summed E-state index contributed by atoms with van der Waals surface area (Å²) < 4.78 is 5.08. The van der Waals surface area contributed by atoms with Crippen LogP contribution in [0, 0.1) is 0 Å². The molecular weight excluding hydrogens is 290 g/mol. The fourth-order valence-electron chi connectivity index (χ4n) is 2.27. The molecule has 1 aromatic rings. The summed E-state index contributed by atoms with van der Waals surface area (Å²) in [5.74, 6) is 0.832. The normalized spacial score (nSPS) is 21.0. The van der Waals surface area contributed by atoms with Crippen LogP contribution in [-0.4, -0.2) is 41.1 Å². The molecule has 1 saturated heterocycles. The van der Waals surface area contributed by atoms with Crippen LogP contribution in [0.25, 0.3) is 0 Å². The first kappa shape index (κ1) is 15.7. The number of benzene rings is 1. The van der Waals surface area contributed by atoms with E-state index in [0.29, 0.717) is 18.6 Å². The van der Waals surface area contributed by atoms with Gasteiger partial charge in [0.1, 0.15) is 11.3 Å². The van der Waals surface area contributed by atoms with Crippen molar-refractivity contribution in [2.24, 2.45) is 0 Å². The quantitative estimate of drug-likeness (QED) is 0.836. The highest BCUT2D eigenvalue weighted by Gasteiger charge is 2.43. The zero-order chi connectivity index (χ0) is 15.3. The number of methoxy groups -OCH3 is 1. The van der Waals surface area contributed by atoms with Crippen molar-refractivity contribution in [2.45, 2.75) is 24.8 Å². The van der Waals surface area contributed by atoms with Crippen molar-refractivity contribution >= 4 is 23.6 Å². The minimum absolute atomic E-state index is 0.212. The van der Waals surface area contributed by atoms with Gasteiger partial charge in [-0.3, -0.25) is 4.79 Å². The molecule has 0 aliphatic carbocycles. The number of carbonyl (C=O) groups is 2. The lowest BCUT2D eigenvalue weighted by Crippen LogP contribution is -2.54. The lowest BCUT2D eigenvalue weighted by molar-refractivity contribution is -0.146. The summed E-state index contributed by atoms with van der Waals surface area (Å²) in [6, 6.07) is 7.51. The molecule has 2 rings (SSSR count). The van der Waals surface area contributed by atoms with E-state index in [4.69, 9.17) is 4.74 Å². The SMILES string of the molecule is COc1ccc(CCC(=O)NC2(C(=O)O)CCSC2)cc1. The molecular formula is C15H19NO4S. The summed E-state index contributed by atoms with van der Waals surface area (Å²) in [7, 11) is 1.60. The molecule has 1 unspecified atom stereocenters. The van der Waals surface area contributed by atoms with Gasteiger partial charge in [0.05, 0.1) is 7.11 Å². The van der Waals surface area contributed by atoms with Crippen molar-refractivity contribution in [1.82, 2.24) is 5.32 Å². The Morgan fingerprint density at radius 1 is 1.38 bits per heavy atom. The maximum Gasteiger partial charge on any atom is 0.330 e. The molecule has 1 aromatic carbocycles. The van der Waals surface area contributed by atoms with Crippen molar-refractivity contribution in [3.63, 3.8) is 0 Å². The van der Waals surface area contributed by atoms with Crippen LogP contribution in [0.2, 0.25) is 0 Å². The van der Waals surface area contributed by atoms with E-state index in [-0.39, 0.29) is 12.3 Å². The molecule has 2 N–H and O–H groups in total. The van der Waals surface area contributed by atoms with Gasteiger partial charge < -0.3 is 15.2 Å². The number of rotatable bonds is 6. The van der Waals surface area contributed by atoms with Gasteiger partial charge in [0.25, 0.3) is 0 Å². The molecule has 5 nitrogen and oxygen atoms in total. The Morgan fingerprint density at radius 3 is 2.62 bits per heavy atom. The van der Waals surface area contributed by atoms with Crippen LogP contribution >= 0.6 is 11.8 Å². The lowest BCUT2D eigenvalue weighted by Gasteiger charge is -2.24. The highest BCUT2D eigenvalue weighted by molar-refractivity contribution is 7.99. The van der Waals surface area contributed by atoms with Crippen LogP contribution in [0.4, 0.5) is 0 Å². The number of aryl methyl sites for hydroxylation is 1. The number of carbonyl (C=O) groups excluding carboxylic acids is 1. The molecule has 21 heavy (non-hydrogen) atoms. The minimum Gasteiger partial charge on any atom is -0.497 e. The molecule has 0 saturated carbocycles. The number of ether oxygens (including phenoxy) is 1. The summed E-state index contributed by atoms with van der Waals surface area (Å²) in [5, 5.41) is 12.0. The van der Waals surface area contributed by atoms with E-state index in [1.54, 1.807) is 18.9 Å². The van der Waals surface area contributed by atoms with Crippen LogP contribution < -0.4 is 10.1 Å². The Hall–Kier alpha value is -1.69. The lowest BCUT2D eigenvalue weighted by atomic mass is 9.98. The molecule has 0 aromatic heterocycles. The summed E-state index contributed by atoms with van der Waals surface area (Å²) in [4.78, 5) is 23.4. The fraction of sp³-hybridized carbons (Fsp3) is 0.467. The number of hydrogen-bond acceptors (Lipinski definition) is 4. The highest BCUT2D eigenvalue weighted by atomic mass is 32.2. The Bertz CT molecular complexity index is 509. The van der Waals surface area contributed by atoms with Crippen LogP contribution in [0.5, 0.6) is 5.75 Å². The Kier molecular flexibility index (Phi) is 5.12. The first-order chi connectivity index (χ1) is 10.1. The first-order valence-electron chi connectivity index (χ1n) is 6.81. The average Bonchev–Trinajstić information content (AvgIpc) is 2.95. The zero-order valence-electron chi connectivity index (χ0n) is 11.9. The summed E-state index contributed by atoms with van der Waals surface area (Å²) >= 11 is 1.56. The molecule has 1 amide bonds. The number of carboxylic acid groups (broad SMARTS) is 1. The van der Waals surface area contributed by atoms with Crippen molar-refractivity contribution < 1.29 is 19.4 Å². The number of carboxylic acids is 1. The standard InChI is InChI=1S/C15H19NO4S/c1-20-12-5-2-11(3-6-12)4-7-13(17)16-15(14(18)19)8-9-21-10-15/h2-3,5-6H,4,7-10H2,1H3,(H,16,17)(H,18,19). The topological polar surface area (TPSA) is 75.6 Å². The molecule has 1 aliphatic rings. The second kappa shape index (κ2) is 6.85. The molecule has 0 bridgehead atoms. The van der Waals surface area contributed by atoms with Crippen molar-refractivity contribution in [3.05, 3.63) is 29.8 Å². The Morgan fingerprint density at radius 2 is 2.10 bits per heavy atom. The first-order valence-corrected chi connectivity index (χ1v) is 7.96. The van der Waals surface area contributed by atoms with Crippen LogP contribution in [0.1, 0.15) is 18.4 Å². The fourth-order valence-corrected chi connectivity index (χ4v) is 3.59. The highest BCUT2D eigenvalue weighted by Crippen LogP contribution is 2.28. The van der Waals surface area contributed by atoms with E-state index in [0.717, 1.165) is 17.1 Å². The number of thioether (sulfide) groups is 1. The Labute approximate surface area is 128 Å². The van der Waals surface area contributed by atoms with Crippen molar-refractivity contribution in [2.75, 3.05) is 18.6 Å². The summed E-state index contributed by atoms with van der Waals surface area (Å²) in [5.41, 5.74) is -0.0575. The monoisotopic (exact) mass is 309 g/mol. The van der Waals surface area contributed by atoms with Gasteiger partial charge in [-0.1, -0.05) is 12.1 Å². The maximum absolute atomic E-state index is 12.0. The second-order valence-corrected chi connectivity index (χ2v) is 6.19. The third-order valence-corrected chi connectivity index (χ3v) is 4.80. The van der Waals surface area contributed by atoms with E-state index >= 15 is 0 Å². The number of hydrogen-bond donors (Lipinski definition) is 2. The molecule has 1 fully saturated rings. The van der Waals surface area contributed by atoms with Gasteiger partial charge >= 0.3 is 5.97 Å². The van der Waals surface area contributed by atoms with E-state index in [1.165, 1.54) is 0 Å².